The van der Waals surface area contributed by atoms with Crippen LogP contribution in [0.5, 0.6) is 5.75 Å². The number of rotatable bonds is 11. The van der Waals surface area contributed by atoms with Crippen molar-refractivity contribution in [1.29, 1.82) is 0 Å². The van der Waals surface area contributed by atoms with Crippen molar-refractivity contribution in [1.82, 2.24) is 20.5 Å². The van der Waals surface area contributed by atoms with E-state index < -0.39 is 12.1 Å². The van der Waals surface area contributed by atoms with E-state index >= 15 is 0 Å². The number of carbonyl (C=O) groups is 2. The second kappa shape index (κ2) is 15.2. The van der Waals surface area contributed by atoms with Gasteiger partial charge in [-0.2, -0.15) is 0 Å². The van der Waals surface area contributed by atoms with Crippen molar-refractivity contribution in [2.75, 3.05) is 13.1 Å². The number of aromatic nitrogens is 1. The van der Waals surface area contributed by atoms with Crippen LogP contribution in [0.2, 0.25) is 0 Å². The van der Waals surface area contributed by atoms with E-state index in [2.05, 4.69) is 35.8 Å². The van der Waals surface area contributed by atoms with E-state index in [9.17, 15) is 14.7 Å². The van der Waals surface area contributed by atoms with Gasteiger partial charge < -0.3 is 25.4 Å². The summed E-state index contributed by atoms with van der Waals surface area (Å²) in [6, 6.07) is 19.9. The van der Waals surface area contributed by atoms with Gasteiger partial charge in [-0.1, -0.05) is 62.2 Å². The van der Waals surface area contributed by atoms with Gasteiger partial charge in [-0.25, -0.2) is 0 Å². The first-order valence-corrected chi connectivity index (χ1v) is 19.2. The van der Waals surface area contributed by atoms with Crippen molar-refractivity contribution in [2.24, 2.45) is 0 Å². The number of nitrogens with zero attached hydrogens (tertiary/aromatic N) is 2. The minimum absolute atomic E-state index is 0.0436. The number of likely N-dealkylation sites (tertiary alicyclic amines) is 1. The molecule has 7 rings (SSSR count). The molecule has 0 unspecified atom stereocenters. The summed E-state index contributed by atoms with van der Waals surface area (Å²) in [6.07, 6.45) is 12.2. The molecule has 2 aliphatic carbocycles. The number of hydrogen-bond donors (Lipinski definition) is 3. The van der Waals surface area contributed by atoms with E-state index in [1.807, 2.05) is 47.4 Å². The number of benzene rings is 2. The summed E-state index contributed by atoms with van der Waals surface area (Å²) in [5, 5.41) is 18.9. The second-order valence-electron chi connectivity index (χ2n) is 15.3. The van der Waals surface area contributed by atoms with E-state index in [-0.39, 0.29) is 29.5 Å². The van der Waals surface area contributed by atoms with Crippen LogP contribution < -0.4 is 15.4 Å². The third kappa shape index (κ3) is 7.62. The van der Waals surface area contributed by atoms with Gasteiger partial charge in [0.15, 0.2) is 0 Å². The van der Waals surface area contributed by atoms with Crippen molar-refractivity contribution in [2.45, 2.75) is 133 Å². The summed E-state index contributed by atoms with van der Waals surface area (Å²) >= 11 is 0. The summed E-state index contributed by atoms with van der Waals surface area (Å²) < 4.78 is 6.67. The lowest BCUT2D eigenvalue weighted by molar-refractivity contribution is -0.129. The number of pyridine rings is 1. The van der Waals surface area contributed by atoms with Crippen molar-refractivity contribution in [3.63, 3.8) is 0 Å². The van der Waals surface area contributed by atoms with Gasteiger partial charge in [0.2, 0.25) is 5.91 Å². The Balaban J connectivity index is 1.13. The number of aryl methyl sites for hydroxylation is 1. The molecular weight excluding hydrogens is 624 g/mol. The van der Waals surface area contributed by atoms with Crippen LogP contribution in [0.25, 0.3) is 0 Å². The van der Waals surface area contributed by atoms with E-state index in [0.717, 1.165) is 92.5 Å². The Morgan fingerprint density at radius 2 is 1.72 bits per heavy atom. The van der Waals surface area contributed by atoms with Crippen molar-refractivity contribution in [3.05, 3.63) is 94.3 Å². The molecule has 4 atom stereocenters. The molecule has 1 aromatic heterocycles. The zero-order valence-corrected chi connectivity index (χ0v) is 29.8. The Labute approximate surface area is 297 Å². The second-order valence-corrected chi connectivity index (χ2v) is 15.3. The third-order valence-corrected chi connectivity index (χ3v) is 11.8. The topological polar surface area (TPSA) is 104 Å². The van der Waals surface area contributed by atoms with Crippen LogP contribution in [0.3, 0.4) is 0 Å². The molecule has 0 radical (unpaired) electrons. The van der Waals surface area contributed by atoms with E-state index in [4.69, 9.17) is 9.72 Å². The molecule has 1 saturated heterocycles. The maximum Gasteiger partial charge on any atom is 0.251 e. The quantitative estimate of drug-likeness (QED) is 0.200. The number of hydrogen-bond acceptors (Lipinski definition) is 6. The van der Waals surface area contributed by atoms with E-state index in [0.29, 0.717) is 31.0 Å². The Kier molecular flexibility index (Phi) is 10.6. The molecule has 3 aromatic rings. The van der Waals surface area contributed by atoms with Gasteiger partial charge in [-0.3, -0.25) is 14.6 Å². The first-order valence-electron chi connectivity index (χ1n) is 19.2. The predicted molar refractivity (Wildman–Crippen MR) is 195 cm³/mol. The monoisotopic (exact) mass is 678 g/mol. The molecule has 4 aliphatic rings. The molecule has 1 spiro atoms. The number of aliphatic hydroxyl groups excluding tert-OH is 1. The fraction of sp³-hybridized carbons (Fsp3) is 0.548. The largest absolute Gasteiger partial charge is 0.487 e. The smallest absolute Gasteiger partial charge is 0.251 e. The van der Waals surface area contributed by atoms with Crippen LogP contribution in [0.4, 0.5) is 0 Å². The zero-order valence-electron chi connectivity index (χ0n) is 29.8. The average molecular weight is 679 g/mol. The highest BCUT2D eigenvalue weighted by atomic mass is 16.5. The molecule has 50 heavy (non-hydrogen) atoms. The van der Waals surface area contributed by atoms with E-state index in [1.165, 1.54) is 18.4 Å². The van der Waals surface area contributed by atoms with Gasteiger partial charge >= 0.3 is 0 Å². The third-order valence-electron chi connectivity index (χ3n) is 11.8. The number of nitrogens with one attached hydrogen (secondary N) is 2. The lowest BCUT2D eigenvalue weighted by Crippen LogP contribution is -2.50. The summed E-state index contributed by atoms with van der Waals surface area (Å²) in [5.41, 5.74) is 5.64. The standard InChI is InChI=1S/C42H54N4O4/c1-3-29-17-18-40-33(22-29)37(26-42(50-40)19-9-10-20-42)43-27-39(48)36(23-30-12-5-4-6-13-30)45-41(49)32-24-34(31-14-7-8-15-31)44-35(25-32)38-16-11-21-46(38)28(2)47/h4-6,12-13,17-18,22,24-25,31,36-39,43,48H,3,7-11,14-16,19-21,23,26-27H2,1-2H3,(H,45,49)/t36-,37-,38+,39-/m0/s1. The van der Waals surface area contributed by atoms with Crippen molar-refractivity contribution < 1.29 is 19.4 Å². The Morgan fingerprint density at radius 1 is 0.960 bits per heavy atom. The molecule has 2 saturated carbocycles. The Hall–Kier alpha value is -3.75. The maximum atomic E-state index is 14.2. The summed E-state index contributed by atoms with van der Waals surface area (Å²) in [7, 11) is 0. The molecule has 2 amide bonds. The molecule has 266 valence electrons. The normalized spacial score (nSPS) is 22.7. The van der Waals surface area contributed by atoms with E-state index in [1.54, 1.807) is 6.92 Å². The summed E-state index contributed by atoms with van der Waals surface area (Å²) in [5.74, 6) is 1.10. The van der Waals surface area contributed by atoms with Crippen LogP contribution in [0, 0.1) is 0 Å². The molecule has 2 aliphatic heterocycles. The van der Waals surface area contributed by atoms with Crippen LogP contribution >= 0.6 is 0 Å². The van der Waals surface area contributed by atoms with Gasteiger partial charge in [-0.05, 0) is 93.5 Å². The molecule has 3 fully saturated rings. The molecule has 8 nitrogen and oxygen atoms in total. The highest BCUT2D eigenvalue weighted by Crippen LogP contribution is 2.47. The number of aliphatic hydroxyl groups is 1. The highest BCUT2D eigenvalue weighted by Gasteiger charge is 2.43. The molecule has 3 heterocycles. The molecule has 2 aromatic carbocycles. The Bertz CT molecular complexity index is 1650. The maximum absolute atomic E-state index is 14.2. The summed E-state index contributed by atoms with van der Waals surface area (Å²) in [6.45, 7) is 4.83. The number of amides is 2. The van der Waals surface area contributed by atoms with Gasteiger partial charge in [-0.15, -0.1) is 0 Å². The van der Waals surface area contributed by atoms with Gasteiger partial charge in [0.05, 0.1) is 23.9 Å². The van der Waals surface area contributed by atoms with Crippen molar-refractivity contribution >= 4 is 11.8 Å². The minimum atomic E-state index is -0.835. The number of ether oxygens (including phenoxy) is 1. The average Bonchev–Trinajstić information content (AvgIpc) is 3.94. The first kappa shape index (κ1) is 34.7. The number of fused-ring (bicyclic) bond motifs is 1. The molecule has 3 N–H and O–H groups in total. The van der Waals surface area contributed by atoms with Crippen LogP contribution in [-0.4, -0.2) is 57.6 Å². The van der Waals surface area contributed by atoms with Gasteiger partial charge in [0, 0.05) is 55.2 Å². The van der Waals surface area contributed by atoms with Crippen LogP contribution in [0.1, 0.15) is 141 Å². The zero-order chi connectivity index (χ0) is 34.7. The van der Waals surface area contributed by atoms with Crippen molar-refractivity contribution in [3.8, 4) is 5.75 Å². The van der Waals surface area contributed by atoms with Crippen LogP contribution in [-0.2, 0) is 17.6 Å². The SMILES string of the molecule is CCc1ccc2c(c1)[C@@H](NC[C@H](O)[C@H](Cc1ccccc1)NC(=O)c1cc(C3CCCC3)nc([C@H]3CCCN3C(C)=O)c1)CC1(CCCC1)O2. The fourth-order valence-electron chi connectivity index (χ4n) is 9.01. The molecule has 0 bridgehead atoms. The van der Waals surface area contributed by atoms with Crippen LogP contribution in [0.15, 0.2) is 60.7 Å². The highest BCUT2D eigenvalue weighted by molar-refractivity contribution is 5.94. The summed E-state index contributed by atoms with van der Waals surface area (Å²) in [4.78, 5) is 33.7. The Morgan fingerprint density at radius 3 is 2.46 bits per heavy atom. The fourth-order valence-corrected chi connectivity index (χ4v) is 9.01. The number of carbonyl (C=O) groups excluding carboxylic acids is 2. The van der Waals surface area contributed by atoms with Gasteiger partial charge in [0.1, 0.15) is 11.4 Å². The first-order chi connectivity index (χ1) is 24.3. The predicted octanol–water partition coefficient (Wildman–Crippen LogP) is 7.11. The lowest BCUT2D eigenvalue weighted by Gasteiger charge is -2.41. The molecule has 8 heteroatoms. The lowest BCUT2D eigenvalue weighted by atomic mass is 9.85. The van der Waals surface area contributed by atoms with Gasteiger partial charge in [0.25, 0.3) is 5.91 Å². The minimum Gasteiger partial charge on any atom is -0.487 e. The molecular formula is C42H54N4O4.